The van der Waals surface area contributed by atoms with E-state index in [-0.39, 0.29) is 29.3 Å². The zero-order valence-corrected chi connectivity index (χ0v) is 12.6. The van der Waals surface area contributed by atoms with E-state index in [1.807, 2.05) is 0 Å². The highest BCUT2D eigenvalue weighted by molar-refractivity contribution is 6.00. The summed E-state index contributed by atoms with van der Waals surface area (Å²) in [4.78, 5) is 23.2. The highest BCUT2D eigenvalue weighted by atomic mass is 16.2. The first-order valence-electron chi connectivity index (χ1n) is 7.66. The molecule has 2 atom stereocenters. The Morgan fingerprint density at radius 2 is 1.90 bits per heavy atom. The summed E-state index contributed by atoms with van der Waals surface area (Å²) in [6.45, 7) is 4.54. The number of hydrogen-bond donors (Lipinski definition) is 2. The van der Waals surface area contributed by atoms with Crippen LogP contribution in [-0.2, 0) is 15.0 Å². The molecular weight excluding hydrogens is 264 g/mol. The monoisotopic (exact) mass is 286 g/mol. The molecule has 1 aromatic carbocycles. The minimum absolute atomic E-state index is 0.164. The largest absolute Gasteiger partial charge is 0.299 e. The van der Waals surface area contributed by atoms with Gasteiger partial charge in [0, 0.05) is 12.5 Å². The Balaban J connectivity index is 1.81. The van der Waals surface area contributed by atoms with Crippen LogP contribution in [0, 0.1) is 0 Å². The van der Waals surface area contributed by atoms with Gasteiger partial charge in [-0.25, -0.2) is 0 Å². The first kappa shape index (κ1) is 14.3. The van der Waals surface area contributed by atoms with Gasteiger partial charge in [0.05, 0.1) is 6.04 Å². The van der Waals surface area contributed by atoms with Gasteiger partial charge in [0.25, 0.3) is 0 Å². The molecule has 1 saturated heterocycles. The van der Waals surface area contributed by atoms with E-state index in [9.17, 15) is 9.59 Å². The molecule has 0 aromatic heterocycles. The molecule has 2 unspecified atom stereocenters. The van der Waals surface area contributed by atoms with E-state index in [2.05, 4.69) is 48.7 Å². The van der Waals surface area contributed by atoms with Crippen LogP contribution < -0.4 is 10.6 Å². The fraction of sp³-hybridized carbons (Fsp3) is 0.529. The van der Waals surface area contributed by atoms with Crippen LogP contribution in [0.1, 0.15) is 56.7 Å². The van der Waals surface area contributed by atoms with Gasteiger partial charge < -0.3 is 0 Å². The maximum absolute atomic E-state index is 11.9. The van der Waals surface area contributed by atoms with E-state index in [0.29, 0.717) is 12.8 Å². The number of carbonyl (C=O) groups excluding carboxylic acids is 2. The van der Waals surface area contributed by atoms with Crippen molar-refractivity contribution in [3.05, 3.63) is 35.4 Å². The Hall–Kier alpha value is -1.68. The third kappa shape index (κ3) is 2.72. The minimum Gasteiger partial charge on any atom is -0.299 e. The lowest BCUT2D eigenvalue weighted by Crippen LogP contribution is -2.52. The van der Waals surface area contributed by atoms with E-state index in [0.717, 1.165) is 12.8 Å². The van der Waals surface area contributed by atoms with Crippen molar-refractivity contribution in [2.24, 2.45) is 0 Å². The topological polar surface area (TPSA) is 58.2 Å². The van der Waals surface area contributed by atoms with Gasteiger partial charge in [-0.2, -0.15) is 0 Å². The average Bonchev–Trinajstić information content (AvgIpc) is 2.45. The summed E-state index contributed by atoms with van der Waals surface area (Å²) in [6.07, 6.45) is 3.12. The van der Waals surface area contributed by atoms with Gasteiger partial charge in [0.1, 0.15) is 0 Å². The molecule has 112 valence electrons. The maximum Gasteiger partial charge on any atom is 0.243 e. The van der Waals surface area contributed by atoms with Crippen molar-refractivity contribution < 1.29 is 9.59 Å². The number of hydrogen-bond acceptors (Lipinski definition) is 3. The fourth-order valence-electron chi connectivity index (χ4n) is 3.48. The summed E-state index contributed by atoms with van der Waals surface area (Å²) in [5.74, 6) is -0.350. The Bertz CT molecular complexity index is 580. The number of imide groups is 1. The summed E-state index contributed by atoms with van der Waals surface area (Å²) >= 11 is 0. The van der Waals surface area contributed by atoms with E-state index >= 15 is 0 Å². The quantitative estimate of drug-likeness (QED) is 0.819. The van der Waals surface area contributed by atoms with Crippen LogP contribution in [0.5, 0.6) is 0 Å². The molecular formula is C17H22N2O2. The van der Waals surface area contributed by atoms with Crippen molar-refractivity contribution in [1.82, 2.24) is 10.6 Å². The molecule has 1 fully saturated rings. The zero-order chi connectivity index (χ0) is 15.0. The number of piperidine rings is 1. The number of benzene rings is 1. The van der Waals surface area contributed by atoms with Gasteiger partial charge >= 0.3 is 0 Å². The van der Waals surface area contributed by atoms with Crippen LogP contribution in [0.25, 0.3) is 0 Å². The van der Waals surface area contributed by atoms with Gasteiger partial charge in [0.2, 0.25) is 11.8 Å². The second-order valence-corrected chi connectivity index (χ2v) is 6.73. The normalized spacial score (nSPS) is 27.9. The summed E-state index contributed by atoms with van der Waals surface area (Å²) in [5.41, 5.74) is 2.83. The van der Waals surface area contributed by atoms with Crippen LogP contribution >= 0.6 is 0 Å². The molecule has 0 saturated carbocycles. The van der Waals surface area contributed by atoms with Crippen molar-refractivity contribution in [3.63, 3.8) is 0 Å². The summed E-state index contributed by atoms with van der Waals surface area (Å²) in [7, 11) is 0. The van der Waals surface area contributed by atoms with E-state index in [1.165, 1.54) is 11.1 Å². The van der Waals surface area contributed by atoms with Crippen molar-refractivity contribution in [1.29, 1.82) is 0 Å². The van der Waals surface area contributed by atoms with Crippen molar-refractivity contribution in [2.45, 2.75) is 57.0 Å². The first-order valence-corrected chi connectivity index (χ1v) is 7.66. The van der Waals surface area contributed by atoms with Crippen LogP contribution in [0.2, 0.25) is 0 Å². The highest BCUT2D eigenvalue weighted by Gasteiger charge is 2.35. The molecule has 1 aliphatic carbocycles. The van der Waals surface area contributed by atoms with Gasteiger partial charge in [-0.05, 0) is 35.8 Å². The molecule has 4 heteroatoms. The van der Waals surface area contributed by atoms with Crippen LogP contribution in [0.15, 0.2) is 24.3 Å². The molecule has 2 amide bonds. The molecule has 2 aliphatic rings. The molecule has 0 radical (unpaired) electrons. The van der Waals surface area contributed by atoms with E-state index < -0.39 is 0 Å². The predicted octanol–water partition coefficient (Wildman–Crippen LogP) is 2.19. The Morgan fingerprint density at radius 1 is 1.14 bits per heavy atom. The Kier molecular flexibility index (Phi) is 3.57. The lowest BCUT2D eigenvalue weighted by Gasteiger charge is -2.39. The van der Waals surface area contributed by atoms with Crippen LogP contribution in [0.4, 0.5) is 0 Å². The SMILES string of the molecule is CC1(C)CCC(NC2CCC(=O)NC2=O)c2ccccc21. The smallest absolute Gasteiger partial charge is 0.243 e. The molecule has 4 nitrogen and oxygen atoms in total. The first-order chi connectivity index (χ1) is 9.97. The maximum atomic E-state index is 11.9. The molecule has 3 rings (SSSR count). The number of amides is 2. The molecule has 1 aliphatic heterocycles. The molecule has 21 heavy (non-hydrogen) atoms. The summed E-state index contributed by atoms with van der Waals surface area (Å²) in [6, 6.07) is 8.40. The predicted molar refractivity (Wildman–Crippen MR) is 80.8 cm³/mol. The lowest BCUT2D eigenvalue weighted by atomic mass is 9.71. The van der Waals surface area contributed by atoms with E-state index in [4.69, 9.17) is 0 Å². The van der Waals surface area contributed by atoms with Crippen molar-refractivity contribution in [2.75, 3.05) is 0 Å². The third-order valence-corrected chi connectivity index (χ3v) is 4.76. The zero-order valence-electron chi connectivity index (χ0n) is 12.6. The van der Waals surface area contributed by atoms with Crippen molar-refractivity contribution in [3.8, 4) is 0 Å². The number of nitrogens with one attached hydrogen (secondary N) is 2. The fourth-order valence-corrected chi connectivity index (χ4v) is 3.48. The second-order valence-electron chi connectivity index (χ2n) is 6.73. The van der Waals surface area contributed by atoms with Gasteiger partial charge in [0.15, 0.2) is 0 Å². The second kappa shape index (κ2) is 5.26. The van der Waals surface area contributed by atoms with Crippen LogP contribution in [-0.4, -0.2) is 17.9 Å². The molecule has 2 N–H and O–H groups in total. The number of rotatable bonds is 2. The van der Waals surface area contributed by atoms with Gasteiger partial charge in [-0.15, -0.1) is 0 Å². The molecule has 0 bridgehead atoms. The summed E-state index contributed by atoms with van der Waals surface area (Å²) in [5, 5.41) is 5.88. The molecule has 1 aromatic rings. The third-order valence-electron chi connectivity index (χ3n) is 4.76. The number of fused-ring (bicyclic) bond motifs is 1. The molecule has 1 heterocycles. The lowest BCUT2D eigenvalue weighted by molar-refractivity contribution is -0.134. The van der Waals surface area contributed by atoms with E-state index in [1.54, 1.807) is 0 Å². The average molecular weight is 286 g/mol. The van der Waals surface area contributed by atoms with Crippen molar-refractivity contribution >= 4 is 11.8 Å². The summed E-state index contributed by atoms with van der Waals surface area (Å²) < 4.78 is 0. The molecule has 0 spiro atoms. The Labute approximate surface area is 125 Å². The Morgan fingerprint density at radius 3 is 2.67 bits per heavy atom. The number of carbonyl (C=O) groups is 2. The van der Waals surface area contributed by atoms with Gasteiger partial charge in [-0.3, -0.25) is 20.2 Å². The standard InChI is InChI=1S/C17H22N2O2/c1-17(2)10-9-13(11-5-3-4-6-12(11)17)18-14-7-8-15(20)19-16(14)21/h3-6,13-14,18H,7-10H2,1-2H3,(H,19,20,21). The van der Waals surface area contributed by atoms with Crippen LogP contribution in [0.3, 0.4) is 0 Å². The van der Waals surface area contributed by atoms with Gasteiger partial charge in [-0.1, -0.05) is 38.1 Å². The highest BCUT2D eigenvalue weighted by Crippen LogP contribution is 2.41. The minimum atomic E-state index is -0.262.